The Bertz CT molecular complexity index is 536. The van der Waals surface area contributed by atoms with Crippen molar-refractivity contribution in [1.82, 2.24) is 4.72 Å². The van der Waals surface area contributed by atoms with E-state index in [4.69, 9.17) is 0 Å². The number of para-hydroxylation sites is 1. The fraction of sp³-hybridized carbons (Fsp3) is 0.571. The summed E-state index contributed by atoms with van der Waals surface area (Å²) in [6.07, 6.45) is 3.40. The van der Waals surface area contributed by atoms with Crippen LogP contribution in [0, 0.1) is 5.41 Å². The van der Waals surface area contributed by atoms with Crippen LogP contribution in [0.1, 0.15) is 33.1 Å². The van der Waals surface area contributed by atoms with Crippen LogP contribution in [0.15, 0.2) is 29.2 Å². The maximum Gasteiger partial charge on any atom is 0.242 e. The van der Waals surface area contributed by atoms with Gasteiger partial charge in [0.2, 0.25) is 10.0 Å². The molecule has 4 nitrogen and oxygen atoms in total. The molecule has 1 aliphatic rings. The Morgan fingerprint density at radius 2 is 1.95 bits per heavy atom. The molecule has 106 valence electrons. The van der Waals surface area contributed by atoms with E-state index < -0.39 is 10.0 Å². The molecule has 0 heterocycles. The molecule has 1 saturated carbocycles. The molecule has 0 aromatic heterocycles. The van der Waals surface area contributed by atoms with E-state index in [2.05, 4.69) is 17.0 Å². The Hall–Kier alpha value is -1.07. The quantitative estimate of drug-likeness (QED) is 0.843. The number of sulfonamides is 1. The van der Waals surface area contributed by atoms with Gasteiger partial charge in [0.15, 0.2) is 0 Å². The highest BCUT2D eigenvalue weighted by atomic mass is 32.2. The van der Waals surface area contributed by atoms with Crippen molar-refractivity contribution in [3.05, 3.63) is 24.3 Å². The van der Waals surface area contributed by atoms with E-state index in [0.29, 0.717) is 23.7 Å². The van der Waals surface area contributed by atoms with E-state index in [0.717, 1.165) is 12.8 Å². The predicted octanol–water partition coefficient (Wildman–Crippen LogP) is 2.59. The number of hydrogen-bond acceptors (Lipinski definition) is 3. The molecular formula is C14H22N2O2S. The molecule has 1 aliphatic carbocycles. The smallest absolute Gasteiger partial charge is 0.242 e. The molecule has 5 heteroatoms. The predicted molar refractivity (Wildman–Crippen MR) is 77.8 cm³/mol. The molecule has 1 fully saturated rings. The van der Waals surface area contributed by atoms with E-state index in [9.17, 15) is 8.42 Å². The van der Waals surface area contributed by atoms with Gasteiger partial charge < -0.3 is 5.32 Å². The van der Waals surface area contributed by atoms with Crippen LogP contribution in [0.5, 0.6) is 0 Å². The van der Waals surface area contributed by atoms with Crippen molar-refractivity contribution in [2.45, 2.75) is 38.0 Å². The van der Waals surface area contributed by atoms with Crippen LogP contribution in [0.3, 0.4) is 0 Å². The molecule has 0 bridgehead atoms. The highest BCUT2D eigenvalue weighted by Crippen LogP contribution is 2.39. The van der Waals surface area contributed by atoms with Gasteiger partial charge in [0.25, 0.3) is 0 Å². The van der Waals surface area contributed by atoms with E-state index in [-0.39, 0.29) is 5.41 Å². The molecule has 0 spiro atoms. The highest BCUT2D eigenvalue weighted by Gasteiger charge is 2.33. The lowest BCUT2D eigenvalue weighted by atomic mass is 9.71. The maximum atomic E-state index is 12.4. The van der Waals surface area contributed by atoms with E-state index in [1.807, 2.05) is 13.0 Å². The Morgan fingerprint density at radius 3 is 2.53 bits per heavy atom. The second-order valence-corrected chi connectivity index (χ2v) is 7.25. The average Bonchev–Trinajstić information content (AvgIpc) is 2.35. The maximum absolute atomic E-state index is 12.4. The van der Waals surface area contributed by atoms with Crippen molar-refractivity contribution < 1.29 is 8.42 Å². The van der Waals surface area contributed by atoms with Gasteiger partial charge in [-0.05, 0) is 37.3 Å². The molecule has 1 aromatic rings. The summed E-state index contributed by atoms with van der Waals surface area (Å²) < 4.78 is 27.5. The van der Waals surface area contributed by atoms with Crippen LogP contribution in [0.2, 0.25) is 0 Å². The van der Waals surface area contributed by atoms with Crippen molar-refractivity contribution in [2.75, 3.05) is 18.4 Å². The fourth-order valence-electron chi connectivity index (χ4n) is 2.34. The number of benzene rings is 1. The molecule has 0 radical (unpaired) electrons. The summed E-state index contributed by atoms with van der Waals surface area (Å²) in [5, 5.41) is 3.09. The van der Waals surface area contributed by atoms with Gasteiger partial charge in [-0.3, -0.25) is 0 Å². The molecule has 1 aromatic carbocycles. The molecular weight excluding hydrogens is 260 g/mol. The molecule has 0 saturated heterocycles. The minimum atomic E-state index is -3.44. The third-order valence-corrected chi connectivity index (χ3v) is 5.25. The van der Waals surface area contributed by atoms with Crippen LogP contribution in [0.4, 0.5) is 5.69 Å². The fourth-order valence-corrected chi connectivity index (χ4v) is 3.72. The summed E-state index contributed by atoms with van der Waals surface area (Å²) in [6, 6.07) is 7.03. The Balaban J connectivity index is 2.14. The van der Waals surface area contributed by atoms with Gasteiger partial charge in [0, 0.05) is 13.1 Å². The first-order valence-corrected chi connectivity index (χ1v) is 8.28. The van der Waals surface area contributed by atoms with Gasteiger partial charge in [0.05, 0.1) is 5.69 Å². The van der Waals surface area contributed by atoms with Crippen LogP contribution in [-0.4, -0.2) is 21.5 Å². The van der Waals surface area contributed by atoms with E-state index in [1.165, 1.54) is 6.42 Å². The Morgan fingerprint density at radius 1 is 1.26 bits per heavy atom. The standard InChI is InChI=1S/C14H22N2O2S/c1-3-15-12-7-4-5-8-13(12)19(17,18)16-11-14(2)9-6-10-14/h4-5,7-8,15-16H,3,6,9-11H2,1-2H3. The zero-order chi connectivity index (χ0) is 13.9. The van der Waals surface area contributed by atoms with Gasteiger partial charge in [0.1, 0.15) is 4.90 Å². The topological polar surface area (TPSA) is 58.2 Å². The highest BCUT2D eigenvalue weighted by molar-refractivity contribution is 7.89. The van der Waals surface area contributed by atoms with Crippen molar-refractivity contribution in [1.29, 1.82) is 0 Å². The molecule has 0 amide bonds. The second-order valence-electron chi connectivity index (χ2n) is 5.52. The number of nitrogens with one attached hydrogen (secondary N) is 2. The summed E-state index contributed by atoms with van der Waals surface area (Å²) in [5.41, 5.74) is 0.802. The SMILES string of the molecule is CCNc1ccccc1S(=O)(=O)NCC1(C)CCC1. The normalized spacial score (nSPS) is 17.8. The molecule has 0 unspecified atom stereocenters. The minimum absolute atomic E-state index is 0.139. The van der Waals surface area contributed by atoms with E-state index >= 15 is 0 Å². The van der Waals surface area contributed by atoms with Crippen LogP contribution < -0.4 is 10.0 Å². The Labute approximate surface area is 115 Å². The largest absolute Gasteiger partial charge is 0.384 e. The van der Waals surface area contributed by atoms with Crippen molar-refractivity contribution >= 4 is 15.7 Å². The number of hydrogen-bond donors (Lipinski definition) is 2. The third kappa shape index (κ3) is 3.28. The van der Waals surface area contributed by atoms with Crippen molar-refractivity contribution in [3.63, 3.8) is 0 Å². The van der Waals surface area contributed by atoms with E-state index in [1.54, 1.807) is 18.2 Å². The lowest BCUT2D eigenvalue weighted by Gasteiger charge is -2.38. The van der Waals surface area contributed by atoms with Crippen LogP contribution in [-0.2, 0) is 10.0 Å². The molecule has 2 rings (SSSR count). The lowest BCUT2D eigenvalue weighted by molar-refractivity contribution is 0.166. The summed E-state index contributed by atoms with van der Waals surface area (Å²) in [6.45, 7) is 5.31. The summed E-state index contributed by atoms with van der Waals surface area (Å²) >= 11 is 0. The van der Waals surface area contributed by atoms with Gasteiger partial charge in [-0.1, -0.05) is 25.5 Å². The zero-order valence-corrected chi connectivity index (χ0v) is 12.4. The second kappa shape index (κ2) is 5.51. The molecule has 0 atom stereocenters. The summed E-state index contributed by atoms with van der Waals surface area (Å²) in [5.74, 6) is 0. The molecule has 0 aliphatic heterocycles. The summed E-state index contributed by atoms with van der Waals surface area (Å²) in [7, 11) is -3.44. The van der Waals surface area contributed by atoms with Gasteiger partial charge in [-0.25, -0.2) is 13.1 Å². The Kier molecular flexibility index (Phi) is 4.16. The van der Waals surface area contributed by atoms with Crippen LogP contribution in [0.25, 0.3) is 0 Å². The van der Waals surface area contributed by atoms with Crippen LogP contribution >= 0.6 is 0 Å². The van der Waals surface area contributed by atoms with Crippen molar-refractivity contribution in [2.24, 2.45) is 5.41 Å². The molecule has 19 heavy (non-hydrogen) atoms. The first-order valence-electron chi connectivity index (χ1n) is 6.79. The van der Waals surface area contributed by atoms with Gasteiger partial charge in [-0.15, -0.1) is 0 Å². The number of rotatable bonds is 6. The lowest BCUT2D eigenvalue weighted by Crippen LogP contribution is -2.40. The minimum Gasteiger partial charge on any atom is -0.384 e. The number of anilines is 1. The monoisotopic (exact) mass is 282 g/mol. The summed E-state index contributed by atoms with van der Waals surface area (Å²) in [4.78, 5) is 0.333. The molecule has 2 N–H and O–H groups in total. The van der Waals surface area contributed by atoms with Gasteiger partial charge in [-0.2, -0.15) is 0 Å². The zero-order valence-electron chi connectivity index (χ0n) is 11.6. The van der Waals surface area contributed by atoms with Crippen molar-refractivity contribution in [3.8, 4) is 0 Å². The first-order chi connectivity index (χ1) is 8.97. The first kappa shape index (κ1) is 14.3. The van der Waals surface area contributed by atoms with Gasteiger partial charge >= 0.3 is 0 Å². The third-order valence-electron chi connectivity index (χ3n) is 3.79. The average molecular weight is 282 g/mol.